The Kier molecular flexibility index (Phi) is 6.24. The van der Waals surface area contributed by atoms with E-state index >= 15 is 0 Å². The van der Waals surface area contributed by atoms with Gasteiger partial charge in [-0.25, -0.2) is 22.5 Å². The standard InChI is InChI=1S/C26H24FN5O4S/c1-15-24-22(26(34)29-20-5-3-4-19(12-20)28-16(2)33)13-23(17-6-8-18(27)9-7-17)30-25(24)32(31-15)21-10-11-37(35,36)14-21/h3-9,12-13,21H,10-11,14H2,1-2H3,(H,28,33)(H,29,34). The molecule has 1 aliphatic rings. The lowest BCUT2D eigenvalue weighted by Gasteiger charge is -2.13. The third-order valence-corrected chi connectivity index (χ3v) is 7.97. The Labute approximate surface area is 212 Å². The van der Waals surface area contributed by atoms with Crippen molar-refractivity contribution in [3.05, 3.63) is 71.7 Å². The zero-order valence-corrected chi connectivity index (χ0v) is 21.0. The Morgan fingerprint density at radius 2 is 1.76 bits per heavy atom. The first-order chi connectivity index (χ1) is 17.6. The predicted molar refractivity (Wildman–Crippen MR) is 139 cm³/mol. The highest BCUT2D eigenvalue weighted by Gasteiger charge is 2.32. The van der Waals surface area contributed by atoms with Crippen LogP contribution in [0, 0.1) is 12.7 Å². The minimum absolute atomic E-state index is 0.0524. The summed E-state index contributed by atoms with van der Waals surface area (Å²) in [6.07, 6.45) is 0.401. The second-order valence-corrected chi connectivity index (χ2v) is 11.3. The highest BCUT2D eigenvalue weighted by atomic mass is 32.2. The number of fused-ring (bicyclic) bond motifs is 1. The average Bonchev–Trinajstić information content (AvgIpc) is 3.37. The van der Waals surface area contributed by atoms with E-state index in [0.717, 1.165) is 0 Å². The smallest absolute Gasteiger partial charge is 0.256 e. The Balaban J connectivity index is 1.62. The lowest BCUT2D eigenvalue weighted by molar-refractivity contribution is -0.114. The summed E-state index contributed by atoms with van der Waals surface area (Å²) < 4.78 is 39.5. The van der Waals surface area contributed by atoms with Gasteiger partial charge in [-0.15, -0.1) is 0 Å². The van der Waals surface area contributed by atoms with Gasteiger partial charge in [0.05, 0.1) is 39.9 Å². The van der Waals surface area contributed by atoms with Crippen LogP contribution in [-0.2, 0) is 14.6 Å². The normalized spacial score (nSPS) is 16.6. The summed E-state index contributed by atoms with van der Waals surface area (Å²) in [4.78, 5) is 29.7. The van der Waals surface area contributed by atoms with Gasteiger partial charge in [0.1, 0.15) is 5.82 Å². The van der Waals surface area contributed by atoms with Crippen molar-refractivity contribution in [3.8, 4) is 11.3 Å². The van der Waals surface area contributed by atoms with Crippen LogP contribution in [0.3, 0.4) is 0 Å². The molecule has 0 aliphatic carbocycles. The van der Waals surface area contributed by atoms with Crippen LogP contribution in [0.15, 0.2) is 54.6 Å². The number of amides is 2. The quantitative estimate of drug-likeness (QED) is 0.407. The summed E-state index contributed by atoms with van der Waals surface area (Å²) in [7, 11) is -3.19. The maximum absolute atomic E-state index is 13.6. The molecule has 0 spiro atoms. The number of benzene rings is 2. The summed E-state index contributed by atoms with van der Waals surface area (Å²) in [6.45, 7) is 3.14. The summed E-state index contributed by atoms with van der Waals surface area (Å²) in [5.41, 5.74) is 3.23. The first-order valence-corrected chi connectivity index (χ1v) is 13.5. The van der Waals surface area contributed by atoms with Gasteiger partial charge in [0.15, 0.2) is 15.5 Å². The molecule has 4 aromatic rings. The fourth-order valence-corrected chi connectivity index (χ4v) is 6.25. The van der Waals surface area contributed by atoms with E-state index in [0.29, 0.717) is 51.3 Å². The summed E-state index contributed by atoms with van der Waals surface area (Å²) in [5.74, 6) is -1.06. The first-order valence-electron chi connectivity index (χ1n) is 11.6. The molecule has 0 saturated carbocycles. The summed E-state index contributed by atoms with van der Waals surface area (Å²) in [6, 6.07) is 13.7. The van der Waals surface area contributed by atoms with E-state index in [4.69, 9.17) is 4.98 Å². The van der Waals surface area contributed by atoms with Gasteiger partial charge in [-0.1, -0.05) is 6.07 Å². The molecule has 2 aromatic heterocycles. The average molecular weight is 522 g/mol. The van der Waals surface area contributed by atoms with Crippen LogP contribution in [0.2, 0.25) is 0 Å². The number of halogens is 1. The molecule has 37 heavy (non-hydrogen) atoms. The van der Waals surface area contributed by atoms with Gasteiger partial charge in [-0.3, -0.25) is 9.59 Å². The van der Waals surface area contributed by atoms with Crippen LogP contribution in [0.5, 0.6) is 0 Å². The molecule has 3 heterocycles. The van der Waals surface area contributed by atoms with Crippen molar-refractivity contribution in [3.63, 3.8) is 0 Å². The Morgan fingerprint density at radius 3 is 2.41 bits per heavy atom. The fourth-order valence-electron chi connectivity index (χ4n) is 4.56. The van der Waals surface area contributed by atoms with E-state index < -0.39 is 27.6 Å². The number of carbonyl (C=O) groups is 2. The van der Waals surface area contributed by atoms with E-state index in [1.165, 1.54) is 19.1 Å². The molecule has 1 saturated heterocycles. The van der Waals surface area contributed by atoms with E-state index in [1.807, 2.05) is 0 Å². The number of carbonyl (C=O) groups excluding carboxylic acids is 2. The molecule has 2 N–H and O–H groups in total. The number of sulfone groups is 1. The monoisotopic (exact) mass is 521 g/mol. The molecule has 0 radical (unpaired) electrons. The highest BCUT2D eigenvalue weighted by Crippen LogP contribution is 2.32. The largest absolute Gasteiger partial charge is 0.326 e. The number of anilines is 2. The molecule has 2 aromatic carbocycles. The van der Waals surface area contributed by atoms with Gasteiger partial charge >= 0.3 is 0 Å². The Bertz CT molecular complexity index is 1650. The van der Waals surface area contributed by atoms with Gasteiger partial charge < -0.3 is 10.6 Å². The molecule has 1 unspecified atom stereocenters. The molecule has 1 atom stereocenters. The second-order valence-electron chi connectivity index (χ2n) is 9.06. The van der Waals surface area contributed by atoms with Gasteiger partial charge in [0.25, 0.3) is 5.91 Å². The number of nitrogens with one attached hydrogen (secondary N) is 2. The maximum atomic E-state index is 13.6. The van der Waals surface area contributed by atoms with E-state index in [2.05, 4.69) is 15.7 Å². The van der Waals surface area contributed by atoms with Crippen LogP contribution in [0.4, 0.5) is 15.8 Å². The van der Waals surface area contributed by atoms with Crippen LogP contribution in [0.25, 0.3) is 22.3 Å². The molecule has 1 fully saturated rings. The molecule has 1 aliphatic heterocycles. The van der Waals surface area contributed by atoms with Crippen LogP contribution in [-0.4, -0.2) is 46.5 Å². The second kappa shape index (κ2) is 9.40. The fraction of sp³-hybridized carbons (Fsp3) is 0.231. The number of nitrogens with zero attached hydrogens (tertiary/aromatic N) is 3. The van der Waals surface area contributed by atoms with Gasteiger partial charge in [-0.2, -0.15) is 5.10 Å². The number of aromatic nitrogens is 3. The van der Waals surface area contributed by atoms with Crippen molar-refractivity contribution in [2.75, 3.05) is 22.1 Å². The minimum atomic E-state index is -3.19. The predicted octanol–water partition coefficient (Wildman–Crippen LogP) is 4.12. The molecule has 190 valence electrons. The minimum Gasteiger partial charge on any atom is -0.326 e. The Hall–Kier alpha value is -4.12. The zero-order chi connectivity index (χ0) is 26.3. The topological polar surface area (TPSA) is 123 Å². The SMILES string of the molecule is CC(=O)Nc1cccc(NC(=O)c2cc(-c3ccc(F)cc3)nc3c2c(C)nn3C2CCS(=O)(=O)C2)c1. The number of aryl methyl sites for hydroxylation is 1. The van der Waals surface area contributed by atoms with Crippen molar-refractivity contribution < 1.29 is 22.4 Å². The molecule has 0 bridgehead atoms. The Morgan fingerprint density at radius 1 is 1.05 bits per heavy atom. The first kappa shape index (κ1) is 24.6. The van der Waals surface area contributed by atoms with E-state index in [1.54, 1.807) is 54.1 Å². The number of hydrogen-bond donors (Lipinski definition) is 2. The van der Waals surface area contributed by atoms with Crippen LogP contribution >= 0.6 is 0 Å². The van der Waals surface area contributed by atoms with Crippen LogP contribution < -0.4 is 10.6 Å². The highest BCUT2D eigenvalue weighted by molar-refractivity contribution is 7.91. The summed E-state index contributed by atoms with van der Waals surface area (Å²) >= 11 is 0. The van der Waals surface area contributed by atoms with Gasteiger partial charge in [0.2, 0.25) is 5.91 Å². The lowest BCUT2D eigenvalue weighted by atomic mass is 10.0. The number of pyridine rings is 1. The van der Waals surface area contributed by atoms with Crippen molar-refractivity contribution in [2.24, 2.45) is 0 Å². The van der Waals surface area contributed by atoms with Crippen molar-refractivity contribution in [1.82, 2.24) is 14.8 Å². The molecule has 9 nitrogen and oxygen atoms in total. The molecule has 11 heteroatoms. The summed E-state index contributed by atoms with van der Waals surface area (Å²) in [5, 5.41) is 10.6. The molecule has 2 amide bonds. The van der Waals surface area contributed by atoms with Crippen molar-refractivity contribution in [2.45, 2.75) is 26.3 Å². The van der Waals surface area contributed by atoms with Gasteiger partial charge in [0, 0.05) is 23.9 Å². The third kappa shape index (κ3) is 5.08. The zero-order valence-electron chi connectivity index (χ0n) is 20.2. The maximum Gasteiger partial charge on any atom is 0.256 e. The van der Waals surface area contributed by atoms with E-state index in [-0.39, 0.29) is 17.4 Å². The molecular weight excluding hydrogens is 497 g/mol. The number of hydrogen-bond acceptors (Lipinski definition) is 6. The van der Waals surface area contributed by atoms with Crippen molar-refractivity contribution >= 4 is 44.1 Å². The van der Waals surface area contributed by atoms with E-state index in [9.17, 15) is 22.4 Å². The van der Waals surface area contributed by atoms with Crippen LogP contribution in [0.1, 0.15) is 35.4 Å². The molecule has 5 rings (SSSR count). The molecular formula is C26H24FN5O4S. The third-order valence-electron chi connectivity index (χ3n) is 6.22. The van der Waals surface area contributed by atoms with Gasteiger partial charge in [-0.05, 0) is 61.9 Å². The number of rotatable bonds is 5. The van der Waals surface area contributed by atoms with Crippen molar-refractivity contribution in [1.29, 1.82) is 0 Å². The lowest BCUT2D eigenvalue weighted by Crippen LogP contribution is -2.15.